The van der Waals surface area contributed by atoms with Gasteiger partial charge in [-0.3, -0.25) is 9.80 Å². The average molecular weight is 483 g/mol. The number of amides is 2. The maximum absolute atomic E-state index is 14.3. The predicted molar refractivity (Wildman–Crippen MR) is 131 cm³/mol. The first-order valence-electron chi connectivity index (χ1n) is 11.5. The summed E-state index contributed by atoms with van der Waals surface area (Å²) in [5.74, 6) is -0.189. The molecule has 4 rings (SSSR count). The summed E-state index contributed by atoms with van der Waals surface area (Å²) in [4.78, 5) is 26.2. The summed E-state index contributed by atoms with van der Waals surface area (Å²) in [6.45, 7) is 7.65. The van der Waals surface area contributed by atoms with Crippen LogP contribution in [0.2, 0.25) is 0 Å². The molecule has 1 N–H and O–H groups in total. The number of likely N-dealkylation sites (N-methyl/N-ethyl adjacent to an activating group) is 1. The molecule has 184 valence electrons. The van der Waals surface area contributed by atoms with E-state index in [9.17, 15) is 13.6 Å². The lowest BCUT2D eigenvalue weighted by Crippen LogP contribution is -2.46. The molecule has 1 aliphatic rings. The summed E-state index contributed by atoms with van der Waals surface area (Å²) in [7, 11) is 1.51. The molecule has 0 radical (unpaired) electrons. The SMILES string of the molecule is CCN(CC)CCOc1ccc(Nc2ncc3c(n2)N(C)C(=O)N(c2c(F)cccc2F)C3)cc1. The highest BCUT2D eigenvalue weighted by Crippen LogP contribution is 2.33. The molecular formula is C25H28F2N6O2. The van der Waals surface area contributed by atoms with E-state index in [2.05, 4.69) is 34.0 Å². The van der Waals surface area contributed by atoms with Gasteiger partial charge in [-0.25, -0.2) is 18.6 Å². The number of ether oxygens (including phenoxy) is 1. The fourth-order valence-electron chi connectivity index (χ4n) is 3.89. The second kappa shape index (κ2) is 10.6. The van der Waals surface area contributed by atoms with Gasteiger partial charge in [0.25, 0.3) is 0 Å². The number of benzene rings is 2. The molecule has 1 aromatic heterocycles. The lowest BCUT2D eigenvalue weighted by Gasteiger charge is -2.34. The van der Waals surface area contributed by atoms with Gasteiger partial charge in [0, 0.05) is 31.0 Å². The molecule has 0 unspecified atom stereocenters. The Balaban J connectivity index is 1.45. The number of urea groups is 1. The molecule has 0 spiro atoms. The Morgan fingerprint density at radius 3 is 2.43 bits per heavy atom. The third kappa shape index (κ3) is 5.32. The number of carbonyl (C=O) groups is 1. The third-order valence-corrected chi connectivity index (χ3v) is 5.89. The van der Waals surface area contributed by atoms with Crippen molar-refractivity contribution in [2.75, 3.05) is 48.4 Å². The van der Waals surface area contributed by atoms with Crippen molar-refractivity contribution in [3.05, 3.63) is 65.9 Å². The number of hydrogen-bond donors (Lipinski definition) is 1. The van der Waals surface area contributed by atoms with Crippen molar-refractivity contribution in [2.24, 2.45) is 0 Å². The quantitative estimate of drug-likeness (QED) is 0.473. The normalized spacial score (nSPS) is 13.3. The first kappa shape index (κ1) is 24.3. The van der Waals surface area contributed by atoms with E-state index >= 15 is 0 Å². The molecule has 10 heteroatoms. The number of halogens is 2. The highest BCUT2D eigenvalue weighted by atomic mass is 19.1. The van der Waals surface area contributed by atoms with E-state index < -0.39 is 23.4 Å². The molecule has 2 amide bonds. The Kier molecular flexibility index (Phi) is 7.40. The first-order valence-corrected chi connectivity index (χ1v) is 11.5. The Morgan fingerprint density at radius 2 is 1.77 bits per heavy atom. The van der Waals surface area contributed by atoms with E-state index in [0.29, 0.717) is 23.9 Å². The third-order valence-electron chi connectivity index (χ3n) is 5.89. The minimum absolute atomic E-state index is 0.0455. The van der Waals surface area contributed by atoms with Crippen LogP contribution in [0.3, 0.4) is 0 Å². The Bertz CT molecular complexity index is 1170. The van der Waals surface area contributed by atoms with Crippen LogP contribution in [0, 0.1) is 11.6 Å². The van der Waals surface area contributed by atoms with Crippen LogP contribution in [0.4, 0.5) is 36.7 Å². The monoisotopic (exact) mass is 482 g/mol. The number of para-hydroxylation sites is 1. The van der Waals surface area contributed by atoms with Gasteiger partial charge >= 0.3 is 6.03 Å². The van der Waals surface area contributed by atoms with E-state index in [1.807, 2.05) is 24.3 Å². The van der Waals surface area contributed by atoms with E-state index in [0.717, 1.165) is 48.1 Å². The van der Waals surface area contributed by atoms with Crippen LogP contribution in [0.15, 0.2) is 48.7 Å². The topological polar surface area (TPSA) is 73.8 Å². The van der Waals surface area contributed by atoms with Crippen molar-refractivity contribution in [1.82, 2.24) is 14.9 Å². The van der Waals surface area contributed by atoms with Crippen LogP contribution in [-0.2, 0) is 6.54 Å². The van der Waals surface area contributed by atoms with Crippen LogP contribution >= 0.6 is 0 Å². The maximum Gasteiger partial charge on any atom is 0.330 e. The van der Waals surface area contributed by atoms with Gasteiger partial charge in [0.15, 0.2) is 0 Å². The lowest BCUT2D eigenvalue weighted by atomic mass is 10.2. The summed E-state index contributed by atoms with van der Waals surface area (Å²) in [6, 6.07) is 10.3. The predicted octanol–water partition coefficient (Wildman–Crippen LogP) is 4.80. The highest BCUT2D eigenvalue weighted by molar-refractivity contribution is 6.05. The molecule has 2 aromatic carbocycles. The van der Waals surface area contributed by atoms with Crippen molar-refractivity contribution in [2.45, 2.75) is 20.4 Å². The molecule has 8 nitrogen and oxygen atoms in total. The molecule has 0 saturated carbocycles. The second-order valence-corrected chi connectivity index (χ2v) is 8.07. The molecule has 35 heavy (non-hydrogen) atoms. The van der Waals surface area contributed by atoms with E-state index in [1.165, 1.54) is 18.0 Å². The Hall–Kier alpha value is -3.79. The summed E-state index contributed by atoms with van der Waals surface area (Å²) in [6.07, 6.45) is 1.55. The molecule has 0 aliphatic carbocycles. The molecule has 2 heterocycles. The van der Waals surface area contributed by atoms with Crippen molar-refractivity contribution in [1.29, 1.82) is 0 Å². The van der Waals surface area contributed by atoms with E-state index in [-0.39, 0.29) is 6.54 Å². The minimum atomic E-state index is -0.810. The molecule has 0 bridgehead atoms. The van der Waals surface area contributed by atoms with Crippen LogP contribution < -0.4 is 19.9 Å². The number of hydrogen-bond acceptors (Lipinski definition) is 6. The van der Waals surface area contributed by atoms with Gasteiger partial charge in [-0.1, -0.05) is 19.9 Å². The Labute approximate surface area is 203 Å². The molecule has 3 aromatic rings. The largest absolute Gasteiger partial charge is 0.492 e. The zero-order chi connectivity index (χ0) is 24.9. The highest BCUT2D eigenvalue weighted by Gasteiger charge is 2.33. The fraction of sp³-hybridized carbons (Fsp3) is 0.320. The molecule has 1 aliphatic heterocycles. The van der Waals surface area contributed by atoms with E-state index in [4.69, 9.17) is 4.74 Å². The fourth-order valence-corrected chi connectivity index (χ4v) is 3.89. The number of carbonyl (C=O) groups excluding carboxylic acids is 1. The number of anilines is 4. The zero-order valence-corrected chi connectivity index (χ0v) is 20.0. The van der Waals surface area contributed by atoms with Gasteiger partial charge in [-0.15, -0.1) is 0 Å². The number of nitrogens with one attached hydrogen (secondary N) is 1. The van der Waals surface area contributed by atoms with Crippen molar-refractivity contribution >= 4 is 29.2 Å². The van der Waals surface area contributed by atoms with Crippen LogP contribution in [0.25, 0.3) is 0 Å². The van der Waals surface area contributed by atoms with Gasteiger partial charge in [0.1, 0.15) is 35.5 Å². The van der Waals surface area contributed by atoms with Gasteiger partial charge in [-0.05, 0) is 49.5 Å². The van der Waals surface area contributed by atoms with E-state index in [1.54, 1.807) is 6.20 Å². The number of rotatable bonds is 9. The summed E-state index contributed by atoms with van der Waals surface area (Å²) in [5, 5.41) is 3.11. The van der Waals surface area contributed by atoms with Crippen LogP contribution in [0.1, 0.15) is 19.4 Å². The van der Waals surface area contributed by atoms with Gasteiger partial charge in [0.2, 0.25) is 5.95 Å². The van der Waals surface area contributed by atoms with Crippen molar-refractivity contribution in [3.63, 3.8) is 0 Å². The molecular weight excluding hydrogens is 454 g/mol. The summed E-state index contributed by atoms with van der Waals surface area (Å²) in [5.41, 5.74) is 0.926. The zero-order valence-electron chi connectivity index (χ0n) is 20.0. The lowest BCUT2D eigenvalue weighted by molar-refractivity contribution is 0.223. The Morgan fingerprint density at radius 1 is 1.09 bits per heavy atom. The summed E-state index contributed by atoms with van der Waals surface area (Å²) >= 11 is 0. The second-order valence-electron chi connectivity index (χ2n) is 8.07. The van der Waals surface area contributed by atoms with Crippen LogP contribution in [-0.4, -0.2) is 54.2 Å². The summed E-state index contributed by atoms with van der Waals surface area (Å²) < 4.78 is 34.4. The van der Waals surface area contributed by atoms with Gasteiger partial charge in [0.05, 0.1) is 6.54 Å². The minimum Gasteiger partial charge on any atom is -0.492 e. The average Bonchev–Trinajstić information content (AvgIpc) is 2.86. The van der Waals surface area contributed by atoms with Crippen molar-refractivity contribution in [3.8, 4) is 5.75 Å². The number of aromatic nitrogens is 2. The molecule has 0 fully saturated rings. The molecule has 0 saturated heterocycles. The smallest absolute Gasteiger partial charge is 0.330 e. The number of fused-ring (bicyclic) bond motifs is 1. The van der Waals surface area contributed by atoms with Gasteiger partial charge < -0.3 is 15.0 Å². The van der Waals surface area contributed by atoms with Gasteiger partial charge in [-0.2, -0.15) is 4.98 Å². The van der Waals surface area contributed by atoms with Crippen LogP contribution in [0.5, 0.6) is 5.75 Å². The molecule has 0 atom stereocenters. The maximum atomic E-state index is 14.3. The van der Waals surface area contributed by atoms with Crippen molar-refractivity contribution < 1.29 is 18.3 Å². The standard InChI is InChI=1S/C25H28F2N6O2/c1-4-32(5-2)13-14-35-19-11-9-18(10-12-19)29-24-28-15-17-16-33(25(34)31(3)23(17)30-24)22-20(26)7-6-8-21(22)27/h6-12,15H,4-5,13-14,16H2,1-3H3,(H,28,29,30). The first-order chi connectivity index (χ1) is 16.9. The number of nitrogens with zero attached hydrogens (tertiary/aromatic N) is 5.